The summed E-state index contributed by atoms with van der Waals surface area (Å²) in [5, 5.41) is 0. The molecule has 3 rings (SSSR count). The Bertz CT molecular complexity index is 326. The monoisotopic (exact) mass is 221 g/mol. The molecule has 0 radical (unpaired) electrons. The molecule has 0 bridgehead atoms. The minimum absolute atomic E-state index is 0.832. The third-order valence-corrected chi connectivity index (χ3v) is 4.23. The van der Waals surface area contributed by atoms with Crippen molar-refractivity contribution in [1.82, 2.24) is 4.90 Å². The average Bonchev–Trinajstić information content (AvgIpc) is 2.75. The number of fused-ring (bicyclic) bond motifs is 1. The molecule has 1 saturated carbocycles. The van der Waals surface area contributed by atoms with E-state index in [2.05, 4.69) is 35.2 Å². The fraction of sp³-hybridized carbons (Fsp3) is 0.538. The van der Waals surface area contributed by atoms with Crippen LogP contribution in [0.3, 0.4) is 0 Å². The molecule has 2 fully saturated rings. The third-order valence-electron chi connectivity index (χ3n) is 3.87. The molecule has 0 spiro atoms. The zero-order valence-electron chi connectivity index (χ0n) is 8.77. The summed E-state index contributed by atoms with van der Waals surface area (Å²) >= 11 is 5.89. The van der Waals surface area contributed by atoms with E-state index in [0.717, 1.165) is 30.2 Å². The Hall–Kier alpha value is -0.530. The standard InChI is InChI=1S/C13H16ClN/c14-6-11-12-8-15(9-13(11)12)7-10-4-2-1-3-5-10/h1-5,11-13H,6-9H2/t11-,12-,13+. The van der Waals surface area contributed by atoms with E-state index >= 15 is 0 Å². The highest BCUT2D eigenvalue weighted by Gasteiger charge is 2.54. The largest absolute Gasteiger partial charge is 0.298 e. The summed E-state index contributed by atoms with van der Waals surface area (Å²) in [5.41, 5.74) is 1.43. The number of benzene rings is 1. The second-order valence-electron chi connectivity index (χ2n) is 4.83. The number of rotatable bonds is 3. The van der Waals surface area contributed by atoms with Crippen molar-refractivity contribution in [3.63, 3.8) is 0 Å². The van der Waals surface area contributed by atoms with Gasteiger partial charge in [-0.05, 0) is 23.3 Å². The van der Waals surface area contributed by atoms with Crippen LogP contribution >= 0.6 is 11.6 Å². The van der Waals surface area contributed by atoms with Crippen LogP contribution in [0.15, 0.2) is 30.3 Å². The first-order chi connectivity index (χ1) is 7.38. The predicted molar refractivity (Wildman–Crippen MR) is 62.9 cm³/mol. The van der Waals surface area contributed by atoms with Crippen molar-refractivity contribution in [2.24, 2.45) is 17.8 Å². The number of halogens is 1. The first-order valence-electron chi connectivity index (χ1n) is 5.70. The number of piperidine rings is 1. The lowest BCUT2D eigenvalue weighted by atomic mass is 10.2. The van der Waals surface area contributed by atoms with E-state index in [1.807, 2.05) is 0 Å². The molecule has 1 heterocycles. The quantitative estimate of drug-likeness (QED) is 0.710. The summed E-state index contributed by atoms with van der Waals surface area (Å²) in [7, 11) is 0. The zero-order chi connectivity index (χ0) is 10.3. The van der Waals surface area contributed by atoms with Gasteiger partial charge in [0.2, 0.25) is 0 Å². The molecule has 1 aliphatic heterocycles. The molecular formula is C13H16ClN. The highest BCUT2D eigenvalue weighted by molar-refractivity contribution is 6.18. The maximum atomic E-state index is 5.89. The first-order valence-corrected chi connectivity index (χ1v) is 6.24. The van der Waals surface area contributed by atoms with Crippen molar-refractivity contribution in [2.45, 2.75) is 6.54 Å². The van der Waals surface area contributed by atoms with Crippen molar-refractivity contribution in [1.29, 1.82) is 0 Å². The molecule has 0 N–H and O–H groups in total. The molecule has 1 aromatic rings. The van der Waals surface area contributed by atoms with Gasteiger partial charge in [-0.25, -0.2) is 0 Å². The van der Waals surface area contributed by atoms with E-state index in [-0.39, 0.29) is 0 Å². The Labute approximate surface area is 96.0 Å². The molecular weight excluding hydrogens is 206 g/mol. The molecule has 1 aliphatic carbocycles. The van der Waals surface area contributed by atoms with Gasteiger partial charge in [-0.1, -0.05) is 30.3 Å². The summed E-state index contributed by atoms with van der Waals surface area (Å²) in [4.78, 5) is 2.56. The van der Waals surface area contributed by atoms with Crippen molar-refractivity contribution in [2.75, 3.05) is 19.0 Å². The Morgan fingerprint density at radius 1 is 1.13 bits per heavy atom. The molecule has 1 aromatic carbocycles. The highest BCUT2D eigenvalue weighted by atomic mass is 35.5. The summed E-state index contributed by atoms with van der Waals surface area (Å²) < 4.78 is 0. The lowest BCUT2D eigenvalue weighted by molar-refractivity contribution is 0.282. The first kappa shape index (κ1) is 9.68. The van der Waals surface area contributed by atoms with E-state index < -0.39 is 0 Å². The summed E-state index contributed by atoms with van der Waals surface area (Å²) in [6.45, 7) is 3.64. The minimum Gasteiger partial charge on any atom is -0.298 e. The van der Waals surface area contributed by atoms with Gasteiger partial charge in [0.25, 0.3) is 0 Å². The maximum absolute atomic E-state index is 5.89. The number of likely N-dealkylation sites (tertiary alicyclic amines) is 1. The molecule has 3 atom stereocenters. The Balaban J connectivity index is 1.56. The van der Waals surface area contributed by atoms with Crippen molar-refractivity contribution >= 4 is 11.6 Å². The minimum atomic E-state index is 0.832. The van der Waals surface area contributed by atoms with E-state index in [1.165, 1.54) is 18.7 Å². The van der Waals surface area contributed by atoms with Crippen LogP contribution in [-0.4, -0.2) is 23.9 Å². The second kappa shape index (κ2) is 3.80. The molecule has 1 saturated heterocycles. The van der Waals surface area contributed by atoms with Gasteiger partial charge in [0.1, 0.15) is 0 Å². The van der Waals surface area contributed by atoms with Gasteiger partial charge in [-0.3, -0.25) is 4.90 Å². The fourth-order valence-corrected chi connectivity index (χ4v) is 3.39. The van der Waals surface area contributed by atoms with Gasteiger partial charge in [0.15, 0.2) is 0 Å². The molecule has 1 nitrogen and oxygen atoms in total. The third kappa shape index (κ3) is 1.79. The maximum Gasteiger partial charge on any atom is 0.0258 e. The average molecular weight is 222 g/mol. The van der Waals surface area contributed by atoms with E-state index in [9.17, 15) is 0 Å². The van der Waals surface area contributed by atoms with Crippen LogP contribution in [0.5, 0.6) is 0 Å². The number of alkyl halides is 1. The van der Waals surface area contributed by atoms with Gasteiger partial charge >= 0.3 is 0 Å². The van der Waals surface area contributed by atoms with Crippen LogP contribution in [-0.2, 0) is 6.54 Å². The number of nitrogens with zero attached hydrogens (tertiary/aromatic N) is 1. The van der Waals surface area contributed by atoms with Crippen LogP contribution in [0.4, 0.5) is 0 Å². The van der Waals surface area contributed by atoms with Gasteiger partial charge in [0, 0.05) is 25.5 Å². The number of hydrogen-bond acceptors (Lipinski definition) is 1. The SMILES string of the molecule is ClC[C@@H]1[C@H]2CN(Cc3ccccc3)C[C@@H]12. The van der Waals surface area contributed by atoms with Crippen molar-refractivity contribution < 1.29 is 0 Å². The lowest BCUT2D eigenvalue weighted by Crippen LogP contribution is -2.24. The Morgan fingerprint density at radius 2 is 1.80 bits per heavy atom. The molecule has 0 unspecified atom stereocenters. The normalized spacial score (nSPS) is 34.1. The van der Waals surface area contributed by atoms with Crippen molar-refractivity contribution in [3.05, 3.63) is 35.9 Å². The van der Waals surface area contributed by atoms with Gasteiger partial charge < -0.3 is 0 Å². The van der Waals surface area contributed by atoms with Crippen LogP contribution in [0.2, 0.25) is 0 Å². The summed E-state index contributed by atoms with van der Waals surface area (Å²) in [6, 6.07) is 10.7. The predicted octanol–water partition coefficient (Wildman–Crippen LogP) is 2.60. The summed E-state index contributed by atoms with van der Waals surface area (Å²) in [5.74, 6) is 3.52. The second-order valence-corrected chi connectivity index (χ2v) is 5.13. The van der Waals surface area contributed by atoms with Crippen LogP contribution in [0.25, 0.3) is 0 Å². The molecule has 0 amide bonds. The van der Waals surface area contributed by atoms with E-state index in [0.29, 0.717) is 0 Å². The van der Waals surface area contributed by atoms with Crippen LogP contribution in [0, 0.1) is 17.8 Å². The van der Waals surface area contributed by atoms with Crippen LogP contribution < -0.4 is 0 Å². The van der Waals surface area contributed by atoms with E-state index in [1.54, 1.807) is 0 Å². The Morgan fingerprint density at radius 3 is 2.40 bits per heavy atom. The molecule has 2 aliphatic rings. The smallest absolute Gasteiger partial charge is 0.0258 e. The van der Waals surface area contributed by atoms with Gasteiger partial charge in [-0.2, -0.15) is 0 Å². The van der Waals surface area contributed by atoms with Crippen LogP contribution in [0.1, 0.15) is 5.56 Å². The Kier molecular flexibility index (Phi) is 2.45. The van der Waals surface area contributed by atoms with E-state index in [4.69, 9.17) is 11.6 Å². The topological polar surface area (TPSA) is 3.24 Å². The molecule has 80 valence electrons. The molecule has 2 heteroatoms. The van der Waals surface area contributed by atoms with Gasteiger partial charge in [0.05, 0.1) is 0 Å². The highest BCUT2D eigenvalue weighted by Crippen LogP contribution is 2.52. The van der Waals surface area contributed by atoms with Gasteiger partial charge in [-0.15, -0.1) is 11.6 Å². The number of hydrogen-bond donors (Lipinski definition) is 0. The molecule has 15 heavy (non-hydrogen) atoms. The lowest BCUT2D eigenvalue weighted by Gasteiger charge is -2.18. The fourth-order valence-electron chi connectivity index (χ4n) is 2.94. The summed E-state index contributed by atoms with van der Waals surface area (Å²) in [6.07, 6.45) is 0. The molecule has 0 aromatic heterocycles. The zero-order valence-corrected chi connectivity index (χ0v) is 9.53. The van der Waals surface area contributed by atoms with Crippen molar-refractivity contribution in [3.8, 4) is 0 Å².